The Hall–Kier alpha value is -4.18. The first-order valence-corrected chi connectivity index (χ1v) is 12.0. The lowest BCUT2D eigenvalue weighted by atomic mass is 10.2. The highest BCUT2D eigenvalue weighted by atomic mass is 32.1. The summed E-state index contributed by atoms with van der Waals surface area (Å²) in [5, 5.41) is 14.5. The zero-order valence-corrected chi connectivity index (χ0v) is 19.9. The summed E-state index contributed by atoms with van der Waals surface area (Å²) < 4.78 is 43.5. The standard InChI is InChI=1S/C20H13F3N4O3S.C4H7NO/c21-20(22,23)18(29)25-11-2-1-3-12(8-11)30-15-7-6-14-16(13(15)9-24)31-19(26-14)27-17(28)10-4-5-10;5-4(6)3-1-2-3/h1-3,6-8,10H,4-5H2,(H,25,29)(H,26,27,28);3H,1-2H2,(H2,5,6). The van der Waals surface area contributed by atoms with Crippen LogP contribution in [0.25, 0.3) is 10.2 Å². The third-order valence-electron chi connectivity index (χ3n) is 5.37. The highest BCUT2D eigenvalue weighted by Gasteiger charge is 2.38. The van der Waals surface area contributed by atoms with Crippen molar-refractivity contribution in [2.24, 2.45) is 17.6 Å². The molecule has 37 heavy (non-hydrogen) atoms. The number of halogens is 3. The summed E-state index contributed by atoms with van der Waals surface area (Å²) >= 11 is 1.13. The van der Waals surface area contributed by atoms with E-state index in [9.17, 15) is 32.8 Å². The van der Waals surface area contributed by atoms with E-state index in [0.29, 0.717) is 15.3 Å². The van der Waals surface area contributed by atoms with Crippen LogP contribution in [-0.2, 0) is 14.4 Å². The fraction of sp³-hybridized carbons (Fsp3) is 0.292. The molecule has 5 rings (SSSR count). The Balaban J connectivity index is 0.000000469. The number of anilines is 2. The van der Waals surface area contributed by atoms with Crippen LogP contribution in [0, 0.1) is 23.2 Å². The summed E-state index contributed by atoms with van der Waals surface area (Å²) in [4.78, 5) is 37.4. The number of thiazole rings is 1. The van der Waals surface area contributed by atoms with Gasteiger partial charge < -0.3 is 21.1 Å². The van der Waals surface area contributed by atoms with Gasteiger partial charge in [0.1, 0.15) is 23.1 Å². The van der Waals surface area contributed by atoms with E-state index in [-0.39, 0.29) is 46.4 Å². The quantitative estimate of drug-likeness (QED) is 0.420. The molecular formula is C24H20F3N5O4S. The second-order valence-electron chi connectivity index (χ2n) is 8.44. The van der Waals surface area contributed by atoms with Gasteiger partial charge in [-0.15, -0.1) is 0 Å². The van der Waals surface area contributed by atoms with E-state index in [0.717, 1.165) is 37.0 Å². The summed E-state index contributed by atoms with van der Waals surface area (Å²) in [5.74, 6) is -1.80. The molecule has 0 spiro atoms. The molecule has 0 aliphatic heterocycles. The molecule has 3 amide bonds. The van der Waals surface area contributed by atoms with Gasteiger partial charge in [-0.25, -0.2) is 4.98 Å². The van der Waals surface area contributed by atoms with E-state index in [4.69, 9.17) is 10.5 Å². The van der Waals surface area contributed by atoms with Crippen LogP contribution >= 0.6 is 11.3 Å². The zero-order chi connectivity index (χ0) is 26.7. The molecule has 2 aromatic carbocycles. The molecule has 2 aliphatic carbocycles. The lowest BCUT2D eigenvalue weighted by Gasteiger charge is -2.11. The topological polar surface area (TPSA) is 147 Å². The molecule has 1 heterocycles. The number of hydrogen-bond acceptors (Lipinski definition) is 7. The number of amides is 3. The summed E-state index contributed by atoms with van der Waals surface area (Å²) in [6, 6.07) is 10.5. The number of rotatable bonds is 6. The van der Waals surface area contributed by atoms with Gasteiger partial charge in [0.25, 0.3) is 0 Å². The summed E-state index contributed by atoms with van der Waals surface area (Å²) in [7, 11) is 0. The minimum Gasteiger partial charge on any atom is -0.456 e. The number of nitrogens with zero attached hydrogens (tertiary/aromatic N) is 2. The Morgan fingerprint density at radius 2 is 1.78 bits per heavy atom. The van der Waals surface area contributed by atoms with E-state index in [1.54, 1.807) is 11.4 Å². The summed E-state index contributed by atoms with van der Waals surface area (Å²) in [6.45, 7) is 0. The van der Waals surface area contributed by atoms with Crippen molar-refractivity contribution in [2.75, 3.05) is 10.6 Å². The van der Waals surface area contributed by atoms with E-state index in [2.05, 4.69) is 10.3 Å². The highest BCUT2D eigenvalue weighted by molar-refractivity contribution is 7.22. The minimum atomic E-state index is -5.02. The molecule has 0 saturated heterocycles. The molecule has 0 radical (unpaired) electrons. The van der Waals surface area contributed by atoms with Crippen molar-refractivity contribution in [1.29, 1.82) is 5.26 Å². The van der Waals surface area contributed by atoms with Gasteiger partial charge in [0.2, 0.25) is 11.8 Å². The Labute approximate surface area is 212 Å². The van der Waals surface area contributed by atoms with Crippen molar-refractivity contribution in [3.63, 3.8) is 0 Å². The van der Waals surface area contributed by atoms with Gasteiger partial charge in [-0.2, -0.15) is 18.4 Å². The van der Waals surface area contributed by atoms with E-state index in [1.807, 2.05) is 6.07 Å². The average molecular weight is 532 g/mol. The molecule has 2 fully saturated rings. The molecule has 13 heteroatoms. The van der Waals surface area contributed by atoms with Gasteiger partial charge in [0.05, 0.1) is 10.2 Å². The maximum atomic E-state index is 12.4. The van der Waals surface area contributed by atoms with E-state index < -0.39 is 12.1 Å². The predicted octanol–water partition coefficient (Wildman–Crippen LogP) is 4.69. The number of primary amides is 1. The smallest absolute Gasteiger partial charge is 0.456 e. The molecule has 0 unspecified atom stereocenters. The molecule has 2 saturated carbocycles. The molecule has 192 valence electrons. The predicted molar refractivity (Wildman–Crippen MR) is 129 cm³/mol. The molecule has 3 aromatic rings. The fourth-order valence-corrected chi connectivity index (χ4v) is 4.06. The Morgan fingerprint density at radius 1 is 1.08 bits per heavy atom. The van der Waals surface area contributed by atoms with Crippen molar-refractivity contribution < 1.29 is 32.3 Å². The first-order valence-electron chi connectivity index (χ1n) is 11.1. The normalized spacial score (nSPS) is 14.6. The van der Waals surface area contributed by atoms with Gasteiger partial charge in [-0.1, -0.05) is 17.4 Å². The summed E-state index contributed by atoms with van der Waals surface area (Å²) in [6.07, 6.45) is -1.28. The van der Waals surface area contributed by atoms with E-state index in [1.165, 1.54) is 30.3 Å². The number of fused-ring (bicyclic) bond motifs is 1. The van der Waals surface area contributed by atoms with Crippen LogP contribution in [0.3, 0.4) is 0 Å². The molecule has 0 atom stereocenters. The van der Waals surface area contributed by atoms with E-state index >= 15 is 0 Å². The summed E-state index contributed by atoms with van der Waals surface area (Å²) in [5.41, 5.74) is 5.43. The number of nitriles is 1. The van der Waals surface area contributed by atoms with Crippen LogP contribution in [0.15, 0.2) is 36.4 Å². The van der Waals surface area contributed by atoms with Crippen molar-refractivity contribution in [1.82, 2.24) is 4.98 Å². The van der Waals surface area contributed by atoms with Crippen molar-refractivity contribution in [3.05, 3.63) is 42.0 Å². The number of nitrogens with one attached hydrogen (secondary N) is 2. The second kappa shape index (κ2) is 10.4. The number of carbonyl (C=O) groups excluding carboxylic acids is 3. The largest absolute Gasteiger partial charge is 0.471 e. The number of aromatic nitrogens is 1. The average Bonchev–Trinajstić information content (AvgIpc) is 3.75. The maximum absolute atomic E-state index is 12.4. The lowest BCUT2D eigenvalue weighted by molar-refractivity contribution is -0.167. The first kappa shape index (κ1) is 25.9. The number of benzene rings is 2. The SMILES string of the molecule is N#Cc1c(Oc2cccc(NC(=O)C(F)(F)F)c2)ccc2nc(NC(=O)C3CC3)sc12.NC(=O)C1CC1. The minimum absolute atomic E-state index is 0.00598. The highest BCUT2D eigenvalue weighted by Crippen LogP contribution is 2.37. The lowest BCUT2D eigenvalue weighted by Crippen LogP contribution is -2.29. The van der Waals surface area contributed by atoms with Gasteiger partial charge in [0.15, 0.2) is 5.13 Å². The van der Waals surface area contributed by atoms with Crippen molar-refractivity contribution in [2.45, 2.75) is 31.9 Å². The third kappa shape index (κ3) is 6.73. The van der Waals surface area contributed by atoms with Crippen molar-refractivity contribution in [3.8, 4) is 17.6 Å². The third-order valence-corrected chi connectivity index (χ3v) is 6.37. The van der Waals surface area contributed by atoms with Crippen LogP contribution in [0.1, 0.15) is 31.2 Å². The molecular weight excluding hydrogens is 511 g/mol. The monoisotopic (exact) mass is 531 g/mol. The molecule has 2 aliphatic rings. The van der Waals surface area contributed by atoms with Crippen LogP contribution in [0.4, 0.5) is 24.0 Å². The first-order chi connectivity index (χ1) is 17.5. The zero-order valence-electron chi connectivity index (χ0n) is 19.1. The second-order valence-corrected chi connectivity index (χ2v) is 9.44. The van der Waals surface area contributed by atoms with Gasteiger partial charge in [-0.05, 0) is 49.9 Å². The molecule has 9 nitrogen and oxygen atoms in total. The molecule has 4 N–H and O–H groups in total. The number of carbonyl (C=O) groups is 3. The Kier molecular flexibility index (Phi) is 7.30. The van der Waals surface area contributed by atoms with Gasteiger partial charge in [-0.3, -0.25) is 14.4 Å². The van der Waals surface area contributed by atoms with Crippen molar-refractivity contribution >= 4 is 50.1 Å². The maximum Gasteiger partial charge on any atom is 0.471 e. The number of nitrogens with two attached hydrogens (primary N) is 1. The molecule has 1 aromatic heterocycles. The van der Waals surface area contributed by atoms with Gasteiger partial charge in [0, 0.05) is 23.6 Å². The number of alkyl halides is 3. The Bertz CT molecular complexity index is 1410. The number of ether oxygens (including phenoxy) is 1. The van der Waals surface area contributed by atoms with Gasteiger partial charge >= 0.3 is 12.1 Å². The van der Waals surface area contributed by atoms with Crippen LogP contribution in [0.2, 0.25) is 0 Å². The van der Waals surface area contributed by atoms with Crippen LogP contribution in [0.5, 0.6) is 11.5 Å². The number of hydrogen-bond donors (Lipinski definition) is 3. The van der Waals surface area contributed by atoms with Crippen LogP contribution in [-0.4, -0.2) is 28.9 Å². The fourth-order valence-electron chi connectivity index (χ4n) is 3.11. The molecule has 0 bridgehead atoms. The van der Waals surface area contributed by atoms with Crippen LogP contribution < -0.4 is 21.1 Å². The Morgan fingerprint density at radius 3 is 2.35 bits per heavy atom.